The molecule has 0 saturated heterocycles. The van der Waals surface area contributed by atoms with E-state index in [-0.39, 0.29) is 29.3 Å². The van der Waals surface area contributed by atoms with Crippen LogP contribution in [0.5, 0.6) is 0 Å². The number of benzene rings is 2. The van der Waals surface area contributed by atoms with Crippen LogP contribution < -0.4 is 11.3 Å². The summed E-state index contributed by atoms with van der Waals surface area (Å²) < 4.78 is 48.3. The molecule has 0 aliphatic heterocycles. The molecule has 0 spiro atoms. The number of hydrogen-bond acceptors (Lipinski definition) is 7. The van der Waals surface area contributed by atoms with Crippen molar-refractivity contribution < 1.29 is 22.7 Å². The molecule has 5 rings (SSSR count). The smallest absolute Gasteiger partial charge is 0.433 e. The first-order chi connectivity index (χ1) is 20.8. The van der Waals surface area contributed by atoms with E-state index in [9.17, 15) is 22.8 Å². The first kappa shape index (κ1) is 30.9. The van der Waals surface area contributed by atoms with Gasteiger partial charge in [-0.05, 0) is 62.6 Å². The number of rotatable bonds is 7. The van der Waals surface area contributed by atoms with Crippen molar-refractivity contribution in [1.29, 1.82) is 0 Å². The summed E-state index contributed by atoms with van der Waals surface area (Å²) >= 11 is 6.16. The molecule has 228 valence electrons. The van der Waals surface area contributed by atoms with E-state index in [1.165, 1.54) is 29.1 Å². The van der Waals surface area contributed by atoms with Gasteiger partial charge in [-0.3, -0.25) is 9.59 Å². The Morgan fingerprint density at radius 3 is 2.16 bits per heavy atom. The molecule has 0 bridgehead atoms. The number of pyridine rings is 1. The molecule has 3 aromatic heterocycles. The highest BCUT2D eigenvalue weighted by Crippen LogP contribution is 2.35. The maximum absolute atomic E-state index is 14.6. The molecular formula is C31H28ClF3N6O3. The van der Waals surface area contributed by atoms with Crippen molar-refractivity contribution >= 4 is 23.2 Å². The molecule has 3 heterocycles. The normalized spacial score (nSPS) is 13.2. The topological polar surface area (TPSA) is 117 Å². The largest absolute Gasteiger partial charge is 0.453 e. The van der Waals surface area contributed by atoms with Crippen LogP contribution in [0.15, 0.2) is 65.5 Å². The molecule has 0 unspecified atom stereocenters. The zero-order valence-electron chi connectivity index (χ0n) is 24.2. The van der Waals surface area contributed by atoms with Gasteiger partial charge in [0.15, 0.2) is 17.6 Å². The molecule has 0 fully saturated rings. The van der Waals surface area contributed by atoms with Crippen LogP contribution in [0.25, 0.3) is 27.9 Å². The standard InChI is InChI=1S/C31H28ClF3N6O3/c1-16-5-7-20(8-6-16)25-26(21-9-12-23(32)13-10-21)29(42)40(15-22-11-14-24(31(33,34)35)37-18(22)3)41-27(38-39-28(25)41)19(4)44-30(43)17(2)36/h5-14,17,19H,15,36H2,1-4H3/t17-,19-/m0/s1. The number of fused-ring (bicyclic) bond motifs is 1. The third-order valence-electron chi connectivity index (χ3n) is 7.14. The van der Waals surface area contributed by atoms with Gasteiger partial charge >= 0.3 is 12.1 Å². The number of hydrogen-bond donors (Lipinski definition) is 1. The maximum atomic E-state index is 14.6. The third kappa shape index (κ3) is 5.95. The summed E-state index contributed by atoms with van der Waals surface area (Å²) in [5, 5.41) is 9.23. The number of aryl methyl sites for hydroxylation is 2. The summed E-state index contributed by atoms with van der Waals surface area (Å²) in [6, 6.07) is 15.4. The lowest BCUT2D eigenvalue weighted by molar-refractivity contribution is -0.150. The highest BCUT2D eigenvalue weighted by Gasteiger charge is 2.33. The molecule has 13 heteroatoms. The van der Waals surface area contributed by atoms with Crippen molar-refractivity contribution in [3.8, 4) is 22.3 Å². The number of aromatic nitrogens is 5. The fourth-order valence-electron chi connectivity index (χ4n) is 4.81. The monoisotopic (exact) mass is 624 g/mol. The second kappa shape index (κ2) is 11.9. The molecule has 2 N–H and O–H groups in total. The first-order valence-corrected chi connectivity index (χ1v) is 14.0. The molecule has 0 saturated carbocycles. The van der Waals surface area contributed by atoms with Gasteiger partial charge in [0.05, 0.1) is 12.1 Å². The van der Waals surface area contributed by atoms with E-state index >= 15 is 0 Å². The Morgan fingerprint density at radius 1 is 0.955 bits per heavy atom. The van der Waals surface area contributed by atoms with Crippen LogP contribution >= 0.6 is 11.6 Å². The fourth-order valence-corrected chi connectivity index (χ4v) is 4.93. The van der Waals surface area contributed by atoms with E-state index < -0.39 is 35.5 Å². The van der Waals surface area contributed by atoms with E-state index in [1.807, 2.05) is 31.2 Å². The average Bonchev–Trinajstić information content (AvgIpc) is 3.40. The van der Waals surface area contributed by atoms with E-state index in [1.54, 1.807) is 31.2 Å². The van der Waals surface area contributed by atoms with E-state index in [0.29, 0.717) is 27.3 Å². The Labute approximate surface area is 255 Å². The molecule has 2 atom stereocenters. The van der Waals surface area contributed by atoms with Gasteiger partial charge in [0.2, 0.25) is 0 Å². The van der Waals surface area contributed by atoms with Crippen LogP contribution in [0.4, 0.5) is 13.2 Å². The van der Waals surface area contributed by atoms with E-state index in [0.717, 1.165) is 11.6 Å². The second-order valence-corrected chi connectivity index (χ2v) is 10.9. The minimum atomic E-state index is -4.63. The molecule has 5 aromatic rings. The Kier molecular flexibility index (Phi) is 8.32. The number of alkyl halides is 3. The molecule has 2 aromatic carbocycles. The third-order valence-corrected chi connectivity index (χ3v) is 7.39. The number of esters is 1. The predicted molar refractivity (Wildman–Crippen MR) is 159 cm³/mol. The SMILES string of the molecule is Cc1ccc(-c2c(-c3ccc(Cl)cc3)c(=O)n(Cc3ccc(C(F)(F)F)nc3C)n3c([C@H](C)OC(=O)[C@H](C)N)nnc23)cc1. The number of halogens is 4. The predicted octanol–water partition coefficient (Wildman–Crippen LogP) is 5.91. The molecule has 0 aliphatic rings. The van der Waals surface area contributed by atoms with Crippen molar-refractivity contribution in [1.82, 2.24) is 24.4 Å². The van der Waals surface area contributed by atoms with Gasteiger partial charge in [0.1, 0.15) is 11.7 Å². The Hall–Kier alpha value is -4.55. The molecule has 9 nitrogen and oxygen atoms in total. The molecule has 0 aliphatic carbocycles. The summed E-state index contributed by atoms with van der Waals surface area (Å²) in [7, 11) is 0. The quantitative estimate of drug-likeness (QED) is 0.224. The van der Waals surface area contributed by atoms with Gasteiger partial charge in [-0.1, -0.05) is 59.6 Å². The minimum absolute atomic E-state index is 0.0848. The highest BCUT2D eigenvalue weighted by molar-refractivity contribution is 6.30. The highest BCUT2D eigenvalue weighted by atomic mass is 35.5. The van der Waals surface area contributed by atoms with Crippen LogP contribution in [-0.4, -0.2) is 36.4 Å². The van der Waals surface area contributed by atoms with Crippen molar-refractivity contribution in [3.63, 3.8) is 0 Å². The first-order valence-electron chi connectivity index (χ1n) is 13.6. The van der Waals surface area contributed by atoms with Crippen LogP contribution in [0.1, 0.15) is 48.3 Å². The van der Waals surface area contributed by atoms with Crippen molar-refractivity contribution in [2.75, 3.05) is 0 Å². The van der Waals surface area contributed by atoms with Crippen molar-refractivity contribution in [2.24, 2.45) is 5.73 Å². The molecule has 44 heavy (non-hydrogen) atoms. The van der Waals surface area contributed by atoms with Crippen LogP contribution in [-0.2, 0) is 22.3 Å². The fraction of sp³-hybridized carbons (Fsp3) is 0.258. The lowest BCUT2D eigenvalue weighted by Crippen LogP contribution is -2.32. The molecule has 0 amide bonds. The summed E-state index contributed by atoms with van der Waals surface area (Å²) in [6.45, 7) is 6.21. The van der Waals surface area contributed by atoms with Gasteiger partial charge in [-0.2, -0.15) is 13.2 Å². The summed E-state index contributed by atoms with van der Waals surface area (Å²) in [5.74, 6) is -0.581. The zero-order chi connectivity index (χ0) is 31.9. The second-order valence-electron chi connectivity index (χ2n) is 10.5. The Morgan fingerprint density at radius 2 is 1.57 bits per heavy atom. The van der Waals surface area contributed by atoms with Gasteiger partial charge in [0, 0.05) is 16.3 Å². The van der Waals surface area contributed by atoms with Gasteiger partial charge in [-0.25, -0.2) is 14.2 Å². The van der Waals surface area contributed by atoms with Crippen molar-refractivity contribution in [3.05, 3.63) is 104 Å². The van der Waals surface area contributed by atoms with Crippen LogP contribution in [0.2, 0.25) is 5.02 Å². The van der Waals surface area contributed by atoms with E-state index in [2.05, 4.69) is 15.2 Å². The maximum Gasteiger partial charge on any atom is 0.433 e. The van der Waals surface area contributed by atoms with Gasteiger partial charge in [-0.15, -0.1) is 10.2 Å². The number of carbonyl (C=O) groups is 1. The summed E-state index contributed by atoms with van der Waals surface area (Å²) in [6.07, 6.45) is -5.63. The number of nitrogens with two attached hydrogens (primary N) is 1. The number of ether oxygens (including phenoxy) is 1. The van der Waals surface area contributed by atoms with Crippen LogP contribution in [0.3, 0.4) is 0 Å². The molecule has 0 radical (unpaired) electrons. The lowest BCUT2D eigenvalue weighted by atomic mass is 9.96. The van der Waals surface area contributed by atoms with Crippen molar-refractivity contribution in [2.45, 2.75) is 52.6 Å². The summed E-state index contributed by atoms with van der Waals surface area (Å²) in [5.41, 5.74) is 7.79. The minimum Gasteiger partial charge on any atom is -0.453 e. The Balaban J connectivity index is 1.84. The van der Waals surface area contributed by atoms with Crippen LogP contribution in [0, 0.1) is 13.8 Å². The number of nitrogens with zero attached hydrogens (tertiary/aromatic N) is 5. The Bertz CT molecular complexity index is 1920. The average molecular weight is 625 g/mol. The van der Waals surface area contributed by atoms with Gasteiger partial charge in [0.25, 0.3) is 5.56 Å². The molecular weight excluding hydrogens is 597 g/mol. The lowest BCUT2D eigenvalue weighted by Gasteiger charge is -2.20. The zero-order valence-corrected chi connectivity index (χ0v) is 24.9. The van der Waals surface area contributed by atoms with E-state index in [4.69, 9.17) is 22.1 Å². The number of carbonyl (C=O) groups excluding carboxylic acids is 1. The summed E-state index contributed by atoms with van der Waals surface area (Å²) in [4.78, 5) is 30.7. The van der Waals surface area contributed by atoms with Gasteiger partial charge < -0.3 is 10.5 Å².